The van der Waals surface area contributed by atoms with Gasteiger partial charge in [-0.1, -0.05) is 11.6 Å². The molecule has 1 aromatic heterocycles. The van der Waals surface area contributed by atoms with Gasteiger partial charge in [-0.3, -0.25) is 4.79 Å². The van der Waals surface area contributed by atoms with Crippen molar-refractivity contribution in [1.29, 1.82) is 0 Å². The molecule has 146 valence electrons. The van der Waals surface area contributed by atoms with E-state index in [4.69, 9.17) is 21.1 Å². The third-order valence-electron chi connectivity index (χ3n) is 5.11. The lowest BCUT2D eigenvalue weighted by Crippen LogP contribution is -2.48. The van der Waals surface area contributed by atoms with E-state index < -0.39 is 5.60 Å². The van der Waals surface area contributed by atoms with Crippen LogP contribution in [-0.4, -0.2) is 59.1 Å². The van der Waals surface area contributed by atoms with Crippen molar-refractivity contribution in [2.45, 2.75) is 18.4 Å². The number of likely N-dealkylation sites (N-methyl/N-ethyl adjacent to an activating group) is 1. The minimum atomic E-state index is -0.466. The van der Waals surface area contributed by atoms with Crippen LogP contribution in [0.15, 0.2) is 42.6 Å². The molecule has 8 heteroatoms. The minimum Gasteiger partial charge on any atom is -0.456 e. The molecule has 28 heavy (non-hydrogen) atoms. The number of rotatable bonds is 3. The first-order valence-corrected chi connectivity index (χ1v) is 9.45. The standard InChI is InChI=1S/C20H20ClN3O4/c1-23-13-20(28-19(23)26)8-10-24(11-9-20)18(25)17-7-6-16(12-22-17)27-15-4-2-14(21)3-5-15/h2-7,12H,8-11,13H2,1H3. The molecule has 0 radical (unpaired) electrons. The summed E-state index contributed by atoms with van der Waals surface area (Å²) >= 11 is 5.86. The summed E-state index contributed by atoms with van der Waals surface area (Å²) < 4.78 is 11.2. The highest BCUT2D eigenvalue weighted by Gasteiger charge is 2.46. The predicted molar refractivity (Wildman–Crippen MR) is 103 cm³/mol. The van der Waals surface area contributed by atoms with Gasteiger partial charge in [0.15, 0.2) is 0 Å². The molecular weight excluding hydrogens is 382 g/mol. The van der Waals surface area contributed by atoms with Gasteiger partial charge in [0.1, 0.15) is 22.8 Å². The van der Waals surface area contributed by atoms with Crippen LogP contribution in [0.2, 0.25) is 5.02 Å². The predicted octanol–water partition coefficient (Wildman–Crippen LogP) is 3.58. The Kier molecular flexibility index (Phi) is 4.85. The molecular formula is C20H20ClN3O4. The van der Waals surface area contributed by atoms with Crippen LogP contribution >= 0.6 is 11.6 Å². The molecule has 2 aromatic rings. The van der Waals surface area contributed by atoms with Crippen molar-refractivity contribution < 1.29 is 19.1 Å². The zero-order valence-electron chi connectivity index (χ0n) is 15.4. The highest BCUT2D eigenvalue weighted by Crippen LogP contribution is 2.33. The molecule has 7 nitrogen and oxygen atoms in total. The lowest BCUT2D eigenvalue weighted by molar-refractivity contribution is 0.00300. The zero-order valence-corrected chi connectivity index (χ0v) is 16.2. The van der Waals surface area contributed by atoms with Crippen LogP contribution < -0.4 is 4.74 Å². The number of hydrogen-bond donors (Lipinski definition) is 0. The summed E-state index contributed by atoms with van der Waals surface area (Å²) in [6.45, 7) is 1.64. The van der Waals surface area contributed by atoms with Crippen molar-refractivity contribution in [2.24, 2.45) is 0 Å². The second-order valence-electron chi connectivity index (χ2n) is 7.13. The smallest absolute Gasteiger partial charge is 0.410 e. The first-order valence-electron chi connectivity index (χ1n) is 9.07. The number of piperidine rings is 1. The van der Waals surface area contributed by atoms with E-state index >= 15 is 0 Å². The van der Waals surface area contributed by atoms with Gasteiger partial charge < -0.3 is 19.3 Å². The largest absolute Gasteiger partial charge is 0.456 e. The molecule has 0 bridgehead atoms. The zero-order chi connectivity index (χ0) is 19.7. The number of ether oxygens (including phenoxy) is 2. The topological polar surface area (TPSA) is 72.0 Å². The van der Waals surface area contributed by atoms with Gasteiger partial charge >= 0.3 is 6.09 Å². The fourth-order valence-corrected chi connectivity index (χ4v) is 3.66. The quantitative estimate of drug-likeness (QED) is 0.786. The van der Waals surface area contributed by atoms with Crippen LogP contribution in [-0.2, 0) is 4.74 Å². The monoisotopic (exact) mass is 401 g/mol. The average molecular weight is 402 g/mol. The Morgan fingerprint density at radius 3 is 2.39 bits per heavy atom. The van der Waals surface area contributed by atoms with Gasteiger partial charge in [-0.25, -0.2) is 9.78 Å². The van der Waals surface area contributed by atoms with Crippen molar-refractivity contribution in [1.82, 2.24) is 14.8 Å². The minimum absolute atomic E-state index is 0.134. The van der Waals surface area contributed by atoms with Gasteiger partial charge in [0.05, 0.1) is 12.7 Å². The number of hydrogen-bond acceptors (Lipinski definition) is 5. The lowest BCUT2D eigenvalue weighted by atomic mass is 9.91. The summed E-state index contributed by atoms with van der Waals surface area (Å²) in [6.07, 6.45) is 2.50. The van der Waals surface area contributed by atoms with Crippen LogP contribution in [0.1, 0.15) is 23.3 Å². The summed E-state index contributed by atoms with van der Waals surface area (Å²) in [7, 11) is 1.73. The number of pyridine rings is 1. The van der Waals surface area contributed by atoms with Crippen molar-refractivity contribution in [3.05, 3.63) is 53.3 Å². The fraction of sp³-hybridized carbons (Fsp3) is 0.350. The maximum atomic E-state index is 12.7. The number of benzene rings is 1. The SMILES string of the molecule is CN1CC2(CCN(C(=O)c3ccc(Oc4ccc(Cl)cc4)cn3)CC2)OC1=O. The van der Waals surface area contributed by atoms with Crippen molar-refractivity contribution in [3.63, 3.8) is 0 Å². The Bertz CT molecular complexity index is 877. The van der Waals surface area contributed by atoms with Crippen LogP contribution in [0.4, 0.5) is 4.79 Å². The van der Waals surface area contributed by atoms with Gasteiger partial charge in [-0.2, -0.15) is 0 Å². The second-order valence-corrected chi connectivity index (χ2v) is 7.57. The number of likely N-dealkylation sites (tertiary alicyclic amines) is 1. The third kappa shape index (κ3) is 3.75. The highest BCUT2D eigenvalue weighted by atomic mass is 35.5. The average Bonchev–Trinajstić information content (AvgIpc) is 2.97. The van der Waals surface area contributed by atoms with Crippen LogP contribution in [0.3, 0.4) is 0 Å². The number of amides is 2. The normalized spacial score (nSPS) is 18.3. The van der Waals surface area contributed by atoms with Crippen molar-refractivity contribution in [3.8, 4) is 11.5 Å². The maximum Gasteiger partial charge on any atom is 0.410 e. The van der Waals surface area contributed by atoms with Crippen molar-refractivity contribution >= 4 is 23.6 Å². The van der Waals surface area contributed by atoms with E-state index in [-0.39, 0.29) is 12.0 Å². The molecule has 0 atom stereocenters. The first kappa shape index (κ1) is 18.6. The Balaban J connectivity index is 1.36. The van der Waals surface area contributed by atoms with E-state index in [2.05, 4.69) is 4.98 Å². The molecule has 1 spiro atoms. The molecule has 2 aliphatic heterocycles. The van der Waals surface area contributed by atoms with Gasteiger partial charge in [0.25, 0.3) is 5.91 Å². The van der Waals surface area contributed by atoms with Crippen LogP contribution in [0.5, 0.6) is 11.5 Å². The van der Waals surface area contributed by atoms with Gasteiger partial charge in [0.2, 0.25) is 0 Å². The van der Waals surface area contributed by atoms with Crippen molar-refractivity contribution in [2.75, 3.05) is 26.7 Å². The summed E-state index contributed by atoms with van der Waals surface area (Å²) in [4.78, 5) is 32.0. The lowest BCUT2D eigenvalue weighted by Gasteiger charge is -2.37. The summed E-state index contributed by atoms with van der Waals surface area (Å²) in [5.74, 6) is 1.05. The highest BCUT2D eigenvalue weighted by molar-refractivity contribution is 6.30. The summed E-state index contributed by atoms with van der Waals surface area (Å²) in [6, 6.07) is 10.4. The number of carbonyl (C=O) groups is 2. The molecule has 2 saturated heterocycles. The van der Waals surface area contributed by atoms with E-state index in [9.17, 15) is 9.59 Å². The van der Waals surface area contributed by atoms with Gasteiger partial charge in [0, 0.05) is 38.0 Å². The Labute approximate surface area is 167 Å². The summed E-state index contributed by atoms with van der Waals surface area (Å²) in [5, 5.41) is 0.633. The molecule has 4 rings (SSSR count). The maximum absolute atomic E-state index is 12.7. The van der Waals surface area contributed by atoms with Crippen LogP contribution in [0, 0.1) is 0 Å². The van der Waals surface area contributed by atoms with E-state index in [1.165, 1.54) is 6.20 Å². The fourth-order valence-electron chi connectivity index (χ4n) is 3.54. The molecule has 2 amide bonds. The molecule has 1 aromatic carbocycles. The Morgan fingerprint density at radius 1 is 1.14 bits per heavy atom. The van der Waals surface area contributed by atoms with Crippen LogP contribution in [0.25, 0.3) is 0 Å². The molecule has 0 aliphatic carbocycles. The Hall–Kier alpha value is -2.80. The molecule has 0 saturated carbocycles. The molecule has 2 fully saturated rings. The van der Waals surface area contributed by atoms with Gasteiger partial charge in [-0.05, 0) is 36.4 Å². The van der Waals surface area contributed by atoms with E-state index in [1.54, 1.807) is 53.2 Å². The van der Waals surface area contributed by atoms with Gasteiger partial charge in [-0.15, -0.1) is 0 Å². The Morgan fingerprint density at radius 2 is 1.82 bits per heavy atom. The number of carbonyl (C=O) groups excluding carboxylic acids is 2. The second kappa shape index (κ2) is 7.31. The molecule has 3 heterocycles. The van der Waals surface area contributed by atoms with E-state index in [0.717, 1.165) is 0 Å². The molecule has 2 aliphatic rings. The molecule has 0 unspecified atom stereocenters. The number of aromatic nitrogens is 1. The summed E-state index contributed by atoms with van der Waals surface area (Å²) in [5.41, 5.74) is -0.105. The first-order chi connectivity index (χ1) is 13.4. The number of nitrogens with zero attached hydrogens (tertiary/aromatic N) is 3. The van der Waals surface area contributed by atoms with E-state index in [1.807, 2.05) is 0 Å². The molecule has 0 N–H and O–H groups in total. The number of halogens is 1. The van der Waals surface area contributed by atoms with E-state index in [0.29, 0.717) is 54.7 Å². The third-order valence-corrected chi connectivity index (χ3v) is 5.36.